The van der Waals surface area contributed by atoms with Crippen LogP contribution in [0.25, 0.3) is 0 Å². The fourth-order valence-corrected chi connectivity index (χ4v) is 2.51. The van der Waals surface area contributed by atoms with E-state index in [2.05, 4.69) is 39.6 Å². The maximum Gasteiger partial charge on any atom is 0.220 e. The molecule has 0 saturated carbocycles. The first-order valence-corrected chi connectivity index (χ1v) is 7.86. The fourth-order valence-electron chi connectivity index (χ4n) is 2.51. The van der Waals surface area contributed by atoms with Gasteiger partial charge < -0.3 is 14.7 Å². The minimum absolute atomic E-state index is 0.0439. The number of nitrogens with one attached hydrogen (secondary N) is 1. The van der Waals surface area contributed by atoms with Crippen LogP contribution in [0.15, 0.2) is 28.8 Å². The molecule has 0 bridgehead atoms. The van der Waals surface area contributed by atoms with E-state index >= 15 is 0 Å². The molecule has 0 saturated heterocycles. The molecule has 1 aromatic heterocycles. The number of rotatable bonds is 7. The Hall–Kier alpha value is -2.14. The summed E-state index contributed by atoms with van der Waals surface area (Å²) in [5.41, 5.74) is 4.28. The number of aromatic nitrogens is 1. The van der Waals surface area contributed by atoms with Gasteiger partial charge in [0.1, 0.15) is 5.76 Å². The van der Waals surface area contributed by atoms with E-state index in [0.717, 1.165) is 29.1 Å². The lowest BCUT2D eigenvalue weighted by atomic mass is 10.1. The van der Waals surface area contributed by atoms with Gasteiger partial charge in [0.05, 0.1) is 5.69 Å². The molecule has 23 heavy (non-hydrogen) atoms. The van der Waals surface area contributed by atoms with Gasteiger partial charge in [-0.05, 0) is 45.5 Å². The normalized spacial score (nSPS) is 11.0. The van der Waals surface area contributed by atoms with E-state index in [1.54, 1.807) is 0 Å². The minimum Gasteiger partial charge on any atom is -0.361 e. The first kappa shape index (κ1) is 17.2. The van der Waals surface area contributed by atoms with Crippen LogP contribution in [0, 0.1) is 13.8 Å². The first-order valence-electron chi connectivity index (χ1n) is 7.86. The molecular formula is C18H25N3O2. The van der Waals surface area contributed by atoms with Crippen molar-refractivity contribution in [2.24, 2.45) is 0 Å². The average Bonchev–Trinajstić information content (AvgIpc) is 2.83. The molecule has 1 N–H and O–H groups in total. The Morgan fingerprint density at radius 2 is 1.83 bits per heavy atom. The van der Waals surface area contributed by atoms with E-state index in [9.17, 15) is 4.79 Å². The van der Waals surface area contributed by atoms with Gasteiger partial charge in [-0.25, -0.2) is 0 Å². The maximum atomic E-state index is 12.0. The van der Waals surface area contributed by atoms with Crippen molar-refractivity contribution < 1.29 is 9.32 Å². The number of hydrogen-bond donors (Lipinski definition) is 1. The highest BCUT2D eigenvalue weighted by atomic mass is 16.5. The molecule has 1 heterocycles. The molecule has 0 aliphatic heterocycles. The molecule has 1 amide bonds. The number of aryl methyl sites for hydroxylation is 2. The Morgan fingerprint density at radius 1 is 1.17 bits per heavy atom. The van der Waals surface area contributed by atoms with Gasteiger partial charge in [-0.3, -0.25) is 4.79 Å². The zero-order chi connectivity index (χ0) is 16.8. The van der Waals surface area contributed by atoms with Crippen LogP contribution in [-0.4, -0.2) is 30.1 Å². The topological polar surface area (TPSA) is 58.4 Å². The molecule has 0 atom stereocenters. The molecule has 0 fully saturated rings. The van der Waals surface area contributed by atoms with Gasteiger partial charge in [-0.2, -0.15) is 0 Å². The van der Waals surface area contributed by atoms with Gasteiger partial charge in [0, 0.05) is 25.1 Å². The molecule has 2 rings (SSSR count). The van der Waals surface area contributed by atoms with Crippen molar-refractivity contribution in [1.29, 1.82) is 0 Å². The van der Waals surface area contributed by atoms with Crippen molar-refractivity contribution in [3.8, 4) is 0 Å². The van der Waals surface area contributed by atoms with Crippen molar-refractivity contribution in [3.05, 3.63) is 52.4 Å². The third-order valence-electron chi connectivity index (χ3n) is 3.79. The zero-order valence-corrected chi connectivity index (χ0v) is 14.3. The van der Waals surface area contributed by atoms with Gasteiger partial charge in [-0.1, -0.05) is 29.4 Å². The molecule has 0 aliphatic rings. The highest BCUT2D eigenvalue weighted by molar-refractivity contribution is 5.76. The summed E-state index contributed by atoms with van der Waals surface area (Å²) in [6.07, 6.45) is 1.11. The third-order valence-corrected chi connectivity index (χ3v) is 3.79. The second-order valence-electron chi connectivity index (χ2n) is 6.13. The number of benzene rings is 1. The summed E-state index contributed by atoms with van der Waals surface area (Å²) in [4.78, 5) is 14.1. The third kappa shape index (κ3) is 5.21. The van der Waals surface area contributed by atoms with Crippen LogP contribution in [0.2, 0.25) is 0 Å². The lowest BCUT2D eigenvalue weighted by Gasteiger charge is -2.10. The lowest BCUT2D eigenvalue weighted by Crippen LogP contribution is -2.23. The van der Waals surface area contributed by atoms with Crippen LogP contribution < -0.4 is 5.32 Å². The Balaban J connectivity index is 1.78. The predicted octanol–water partition coefficient (Wildman–Crippen LogP) is 2.60. The zero-order valence-electron chi connectivity index (χ0n) is 14.3. The van der Waals surface area contributed by atoms with Crippen molar-refractivity contribution in [1.82, 2.24) is 15.4 Å². The molecule has 0 radical (unpaired) electrons. The average molecular weight is 315 g/mol. The van der Waals surface area contributed by atoms with Crippen LogP contribution in [0.5, 0.6) is 0 Å². The van der Waals surface area contributed by atoms with Crippen LogP contribution in [-0.2, 0) is 24.3 Å². The maximum absolute atomic E-state index is 12.0. The Bertz CT molecular complexity index is 625. The predicted molar refractivity (Wildman–Crippen MR) is 90.0 cm³/mol. The van der Waals surface area contributed by atoms with Gasteiger partial charge in [0.2, 0.25) is 5.91 Å². The van der Waals surface area contributed by atoms with E-state index in [4.69, 9.17) is 4.52 Å². The van der Waals surface area contributed by atoms with Gasteiger partial charge in [0.15, 0.2) is 0 Å². The molecule has 0 aliphatic carbocycles. The Morgan fingerprint density at radius 3 is 2.39 bits per heavy atom. The molecule has 5 heteroatoms. The Kier molecular flexibility index (Phi) is 5.93. The summed E-state index contributed by atoms with van der Waals surface area (Å²) in [7, 11) is 4.10. The number of nitrogens with zero attached hydrogens (tertiary/aromatic N) is 2. The summed E-state index contributed by atoms with van der Waals surface area (Å²) < 4.78 is 5.11. The molecule has 1 aromatic carbocycles. The molecule has 2 aromatic rings. The second-order valence-corrected chi connectivity index (χ2v) is 6.13. The molecular weight excluding hydrogens is 290 g/mol. The van der Waals surface area contributed by atoms with Crippen LogP contribution in [0.4, 0.5) is 0 Å². The van der Waals surface area contributed by atoms with Gasteiger partial charge in [-0.15, -0.1) is 0 Å². The Labute approximate surface area is 137 Å². The monoisotopic (exact) mass is 315 g/mol. The van der Waals surface area contributed by atoms with Gasteiger partial charge >= 0.3 is 0 Å². The highest BCUT2D eigenvalue weighted by Gasteiger charge is 2.11. The smallest absolute Gasteiger partial charge is 0.220 e. The van der Waals surface area contributed by atoms with Crippen molar-refractivity contribution >= 4 is 5.91 Å². The summed E-state index contributed by atoms with van der Waals surface area (Å²) in [6.45, 7) is 5.26. The summed E-state index contributed by atoms with van der Waals surface area (Å²) >= 11 is 0. The number of carbonyl (C=O) groups is 1. The van der Waals surface area contributed by atoms with Crippen molar-refractivity contribution in [2.75, 3.05) is 14.1 Å². The number of amides is 1. The number of hydrogen-bond acceptors (Lipinski definition) is 4. The van der Waals surface area contributed by atoms with Crippen LogP contribution >= 0.6 is 0 Å². The molecule has 0 unspecified atom stereocenters. The summed E-state index contributed by atoms with van der Waals surface area (Å²) in [5, 5.41) is 6.87. The van der Waals surface area contributed by atoms with E-state index in [1.807, 2.05) is 27.9 Å². The van der Waals surface area contributed by atoms with Crippen molar-refractivity contribution in [3.63, 3.8) is 0 Å². The fraction of sp³-hybridized carbons (Fsp3) is 0.444. The SMILES string of the molecule is Cc1noc(C)c1CCC(=O)NCc1ccc(CN(C)C)cc1. The summed E-state index contributed by atoms with van der Waals surface area (Å²) in [6, 6.07) is 8.33. The van der Waals surface area contributed by atoms with E-state index in [-0.39, 0.29) is 5.91 Å². The van der Waals surface area contributed by atoms with Crippen LogP contribution in [0.1, 0.15) is 34.6 Å². The van der Waals surface area contributed by atoms with Crippen molar-refractivity contribution in [2.45, 2.75) is 39.8 Å². The quantitative estimate of drug-likeness (QED) is 0.853. The van der Waals surface area contributed by atoms with E-state index in [1.165, 1.54) is 5.56 Å². The highest BCUT2D eigenvalue weighted by Crippen LogP contribution is 2.14. The number of carbonyl (C=O) groups excluding carboxylic acids is 1. The molecule has 124 valence electrons. The van der Waals surface area contributed by atoms with E-state index < -0.39 is 0 Å². The molecule has 5 nitrogen and oxygen atoms in total. The van der Waals surface area contributed by atoms with Crippen LogP contribution in [0.3, 0.4) is 0 Å². The molecule has 0 spiro atoms. The van der Waals surface area contributed by atoms with Gasteiger partial charge in [0.25, 0.3) is 0 Å². The standard InChI is InChI=1S/C18H25N3O2/c1-13-17(14(2)23-20-13)9-10-18(22)19-11-15-5-7-16(8-6-15)12-21(3)4/h5-8H,9-12H2,1-4H3,(H,19,22). The lowest BCUT2D eigenvalue weighted by molar-refractivity contribution is -0.121. The first-order chi connectivity index (χ1) is 11.0. The summed E-state index contributed by atoms with van der Waals surface area (Å²) in [5.74, 6) is 0.842. The van der Waals surface area contributed by atoms with E-state index in [0.29, 0.717) is 19.4 Å². The minimum atomic E-state index is 0.0439. The largest absolute Gasteiger partial charge is 0.361 e. The second kappa shape index (κ2) is 7.92.